The Kier molecular flexibility index (Phi) is 8.28. The monoisotopic (exact) mass is 307 g/mol. The molecule has 1 amide bonds. The van der Waals surface area contributed by atoms with Crippen molar-refractivity contribution in [3.05, 3.63) is 35.9 Å². The number of benzene rings is 1. The molecule has 1 heterocycles. The second-order valence-corrected chi connectivity index (χ2v) is 5.83. The van der Waals surface area contributed by atoms with Crippen molar-refractivity contribution in [2.75, 3.05) is 16.8 Å². The largest absolute Gasteiger partial charge is 0.483 e. The van der Waals surface area contributed by atoms with Crippen LogP contribution in [0.3, 0.4) is 0 Å². The van der Waals surface area contributed by atoms with Crippen LogP contribution in [0.15, 0.2) is 30.3 Å². The third-order valence-electron chi connectivity index (χ3n) is 3.13. The predicted molar refractivity (Wildman–Crippen MR) is 88.5 cm³/mol. The van der Waals surface area contributed by atoms with Gasteiger partial charge in [-0.05, 0) is 49.0 Å². The van der Waals surface area contributed by atoms with E-state index in [4.69, 9.17) is 9.90 Å². The maximum absolute atomic E-state index is 12.0. The number of thioether (sulfide) groups is 1. The molecule has 4 nitrogen and oxygen atoms in total. The summed E-state index contributed by atoms with van der Waals surface area (Å²) in [7, 11) is 0. The fourth-order valence-electron chi connectivity index (χ4n) is 2.07. The van der Waals surface area contributed by atoms with Crippen molar-refractivity contribution in [3.8, 4) is 0 Å². The minimum absolute atomic E-state index is 0.175. The SMILES string of the molecule is C/C=C/c1ccc(NC(=O)C2CCSCC2)cc1.O=CO. The number of carbonyl (C=O) groups excluding carboxylic acids is 1. The summed E-state index contributed by atoms with van der Waals surface area (Å²) in [5.41, 5.74) is 2.05. The van der Waals surface area contributed by atoms with Gasteiger partial charge in [0.05, 0.1) is 0 Å². The zero-order valence-corrected chi connectivity index (χ0v) is 12.9. The van der Waals surface area contributed by atoms with Gasteiger partial charge in [-0.2, -0.15) is 11.8 Å². The van der Waals surface area contributed by atoms with E-state index < -0.39 is 0 Å². The van der Waals surface area contributed by atoms with Gasteiger partial charge in [0.1, 0.15) is 0 Å². The summed E-state index contributed by atoms with van der Waals surface area (Å²) in [4.78, 5) is 20.4. The van der Waals surface area contributed by atoms with E-state index in [1.165, 1.54) is 0 Å². The molecule has 0 atom stereocenters. The van der Waals surface area contributed by atoms with Crippen molar-refractivity contribution >= 4 is 35.9 Å². The number of rotatable bonds is 3. The minimum atomic E-state index is -0.250. The van der Waals surface area contributed by atoms with Crippen LogP contribution in [0, 0.1) is 5.92 Å². The lowest BCUT2D eigenvalue weighted by molar-refractivity contribution is -0.123. The molecule has 0 saturated carbocycles. The van der Waals surface area contributed by atoms with E-state index in [-0.39, 0.29) is 18.3 Å². The van der Waals surface area contributed by atoms with Gasteiger partial charge >= 0.3 is 0 Å². The highest BCUT2D eigenvalue weighted by atomic mass is 32.2. The topological polar surface area (TPSA) is 66.4 Å². The van der Waals surface area contributed by atoms with E-state index >= 15 is 0 Å². The number of nitrogens with one attached hydrogen (secondary N) is 1. The molecule has 0 spiro atoms. The van der Waals surface area contributed by atoms with Crippen LogP contribution in [0.4, 0.5) is 5.69 Å². The molecular weight excluding hydrogens is 286 g/mol. The molecule has 0 aromatic heterocycles. The standard InChI is InChI=1S/C15H19NOS.CH2O2/c1-2-3-12-4-6-14(7-5-12)16-15(17)13-8-10-18-11-9-13;2-1-3/h2-7,13H,8-11H2,1H3,(H,16,17);1H,(H,2,3)/b3-2+;. The number of amides is 1. The predicted octanol–water partition coefficient (Wildman–Crippen LogP) is 3.50. The smallest absolute Gasteiger partial charge is 0.290 e. The van der Waals surface area contributed by atoms with Crippen LogP contribution in [0.5, 0.6) is 0 Å². The summed E-state index contributed by atoms with van der Waals surface area (Å²) in [6.45, 7) is 1.75. The summed E-state index contributed by atoms with van der Waals surface area (Å²) in [5, 5.41) is 9.90. The third-order valence-corrected chi connectivity index (χ3v) is 4.18. The third kappa shape index (κ3) is 6.49. The summed E-state index contributed by atoms with van der Waals surface area (Å²) in [6.07, 6.45) is 6.07. The Labute approximate surface area is 129 Å². The second-order valence-electron chi connectivity index (χ2n) is 4.60. The number of hydrogen-bond donors (Lipinski definition) is 2. The van der Waals surface area contributed by atoms with Crippen LogP contribution in [0.25, 0.3) is 6.08 Å². The summed E-state index contributed by atoms with van der Waals surface area (Å²) in [6, 6.07) is 7.97. The van der Waals surface area contributed by atoms with Gasteiger partial charge in [-0.25, -0.2) is 0 Å². The van der Waals surface area contributed by atoms with Crippen molar-refractivity contribution in [2.45, 2.75) is 19.8 Å². The Morgan fingerprint density at radius 2 is 1.86 bits per heavy atom. The molecule has 2 rings (SSSR count). The number of allylic oxidation sites excluding steroid dienone is 1. The Balaban J connectivity index is 0.000000677. The van der Waals surface area contributed by atoms with Gasteiger partial charge in [0, 0.05) is 11.6 Å². The summed E-state index contributed by atoms with van der Waals surface area (Å²) in [5.74, 6) is 2.59. The van der Waals surface area contributed by atoms with Gasteiger partial charge in [0.15, 0.2) is 0 Å². The van der Waals surface area contributed by atoms with Gasteiger partial charge in [-0.1, -0.05) is 24.3 Å². The first kappa shape index (κ1) is 17.3. The number of anilines is 1. The molecule has 0 radical (unpaired) electrons. The number of hydrogen-bond acceptors (Lipinski definition) is 3. The minimum Gasteiger partial charge on any atom is -0.483 e. The Hall–Kier alpha value is -1.75. The average molecular weight is 307 g/mol. The number of carboxylic acid groups (broad SMARTS) is 1. The highest BCUT2D eigenvalue weighted by Crippen LogP contribution is 2.24. The van der Waals surface area contributed by atoms with Crippen molar-refractivity contribution in [1.29, 1.82) is 0 Å². The maximum atomic E-state index is 12.0. The van der Waals surface area contributed by atoms with Crippen molar-refractivity contribution in [2.24, 2.45) is 5.92 Å². The Morgan fingerprint density at radius 3 is 2.38 bits per heavy atom. The molecule has 1 fully saturated rings. The fourth-order valence-corrected chi connectivity index (χ4v) is 3.18. The molecule has 114 valence electrons. The first-order valence-corrected chi connectivity index (χ1v) is 8.06. The van der Waals surface area contributed by atoms with Crippen molar-refractivity contribution < 1.29 is 14.7 Å². The molecule has 0 aliphatic carbocycles. The quantitative estimate of drug-likeness (QED) is 0.839. The zero-order valence-electron chi connectivity index (χ0n) is 12.1. The van der Waals surface area contributed by atoms with Gasteiger partial charge in [0.25, 0.3) is 6.47 Å². The zero-order chi connectivity index (χ0) is 15.5. The highest BCUT2D eigenvalue weighted by Gasteiger charge is 2.21. The number of carbonyl (C=O) groups is 2. The summed E-state index contributed by atoms with van der Waals surface area (Å²) >= 11 is 1.94. The molecular formula is C16H21NO3S. The average Bonchev–Trinajstić information content (AvgIpc) is 2.51. The molecule has 0 bridgehead atoms. The normalized spacial score (nSPS) is 15.1. The molecule has 0 unspecified atom stereocenters. The highest BCUT2D eigenvalue weighted by molar-refractivity contribution is 7.99. The first-order valence-electron chi connectivity index (χ1n) is 6.90. The molecule has 1 aliphatic heterocycles. The van der Waals surface area contributed by atoms with Gasteiger partial charge < -0.3 is 10.4 Å². The van der Waals surface area contributed by atoms with E-state index in [1.54, 1.807) is 0 Å². The maximum Gasteiger partial charge on any atom is 0.290 e. The molecule has 5 heteroatoms. The Morgan fingerprint density at radius 1 is 1.29 bits per heavy atom. The van der Waals surface area contributed by atoms with Gasteiger partial charge in [0.2, 0.25) is 5.91 Å². The van der Waals surface area contributed by atoms with Crippen LogP contribution in [0.1, 0.15) is 25.3 Å². The molecule has 2 N–H and O–H groups in total. The van der Waals surface area contributed by atoms with Crippen molar-refractivity contribution in [3.63, 3.8) is 0 Å². The van der Waals surface area contributed by atoms with E-state index in [0.717, 1.165) is 35.6 Å². The van der Waals surface area contributed by atoms with Gasteiger partial charge in [-0.15, -0.1) is 0 Å². The lowest BCUT2D eigenvalue weighted by Crippen LogP contribution is -2.26. The lowest BCUT2D eigenvalue weighted by Gasteiger charge is -2.20. The second kappa shape index (κ2) is 10.0. The van der Waals surface area contributed by atoms with Crippen LogP contribution in [0.2, 0.25) is 0 Å². The van der Waals surface area contributed by atoms with Crippen LogP contribution >= 0.6 is 11.8 Å². The molecule has 1 aliphatic rings. The first-order chi connectivity index (χ1) is 10.2. The van der Waals surface area contributed by atoms with Crippen LogP contribution in [-0.2, 0) is 9.59 Å². The van der Waals surface area contributed by atoms with E-state index in [2.05, 4.69) is 5.32 Å². The molecule has 1 aromatic rings. The fraction of sp³-hybridized carbons (Fsp3) is 0.375. The van der Waals surface area contributed by atoms with Crippen LogP contribution in [-0.4, -0.2) is 29.0 Å². The van der Waals surface area contributed by atoms with E-state index in [1.807, 2.05) is 55.1 Å². The lowest BCUT2D eigenvalue weighted by atomic mass is 10.0. The van der Waals surface area contributed by atoms with E-state index in [0.29, 0.717) is 0 Å². The molecule has 21 heavy (non-hydrogen) atoms. The van der Waals surface area contributed by atoms with Crippen LogP contribution < -0.4 is 5.32 Å². The van der Waals surface area contributed by atoms with Crippen molar-refractivity contribution in [1.82, 2.24) is 0 Å². The molecule has 1 aromatic carbocycles. The molecule has 1 saturated heterocycles. The Bertz CT molecular complexity index is 465. The van der Waals surface area contributed by atoms with Gasteiger partial charge in [-0.3, -0.25) is 9.59 Å². The summed E-state index contributed by atoms with van der Waals surface area (Å²) < 4.78 is 0. The van der Waals surface area contributed by atoms with E-state index in [9.17, 15) is 4.79 Å².